The first kappa shape index (κ1) is 28.3. The second-order valence-corrected chi connectivity index (χ2v) is 10.6. The van der Waals surface area contributed by atoms with Gasteiger partial charge in [0.15, 0.2) is 0 Å². The number of aliphatic hydroxyl groups excluding tert-OH is 1. The lowest BCUT2D eigenvalue weighted by Crippen LogP contribution is -2.40. The summed E-state index contributed by atoms with van der Waals surface area (Å²) in [4.78, 5) is 27.3. The van der Waals surface area contributed by atoms with Crippen LogP contribution in [0.25, 0.3) is 11.1 Å². The number of hydrogen-bond acceptors (Lipinski definition) is 6. The van der Waals surface area contributed by atoms with Crippen molar-refractivity contribution in [1.29, 1.82) is 0 Å². The van der Waals surface area contributed by atoms with Gasteiger partial charge in [0.05, 0.1) is 25.3 Å². The summed E-state index contributed by atoms with van der Waals surface area (Å²) in [7, 11) is 1.38. The van der Waals surface area contributed by atoms with E-state index in [0.29, 0.717) is 18.5 Å². The average Bonchev–Trinajstić information content (AvgIpc) is 2.89. The van der Waals surface area contributed by atoms with Crippen molar-refractivity contribution in [2.75, 3.05) is 26.5 Å². The SMILES string of the molecule is COC(=O)c1ccc(-c2ccc(CCN(C[C@H](O)c3ccccc3)C(=O)OC(C)(C)C)cc2)cc1SC. The number of carbonyl (C=O) groups excluding carboxylic acids is 2. The molecule has 6 nitrogen and oxygen atoms in total. The van der Waals surface area contributed by atoms with Gasteiger partial charge in [-0.05, 0) is 67.8 Å². The third kappa shape index (κ3) is 8.10. The van der Waals surface area contributed by atoms with Crippen molar-refractivity contribution in [2.24, 2.45) is 0 Å². The Morgan fingerprint density at radius 3 is 2.22 bits per heavy atom. The van der Waals surface area contributed by atoms with Crippen molar-refractivity contribution in [3.63, 3.8) is 0 Å². The second-order valence-electron chi connectivity index (χ2n) is 9.71. The fourth-order valence-corrected chi connectivity index (χ4v) is 4.47. The molecular formula is C30H35NO5S. The fourth-order valence-electron chi connectivity index (χ4n) is 3.85. The molecule has 0 unspecified atom stereocenters. The van der Waals surface area contributed by atoms with E-state index < -0.39 is 17.8 Å². The summed E-state index contributed by atoms with van der Waals surface area (Å²) in [5.41, 5.74) is 3.76. The minimum atomic E-state index is -0.810. The number of thioether (sulfide) groups is 1. The van der Waals surface area contributed by atoms with Crippen molar-refractivity contribution < 1.29 is 24.2 Å². The Morgan fingerprint density at radius 1 is 0.973 bits per heavy atom. The Hall–Kier alpha value is -3.29. The highest BCUT2D eigenvalue weighted by atomic mass is 32.2. The van der Waals surface area contributed by atoms with E-state index in [0.717, 1.165) is 27.1 Å². The third-order valence-corrected chi connectivity index (χ3v) is 6.57. The normalized spacial score (nSPS) is 12.1. The van der Waals surface area contributed by atoms with Crippen molar-refractivity contribution in [2.45, 2.75) is 43.8 Å². The molecule has 3 aromatic carbocycles. The lowest BCUT2D eigenvalue weighted by molar-refractivity contribution is 0.0147. The van der Waals surface area contributed by atoms with Crippen LogP contribution < -0.4 is 0 Å². The smallest absolute Gasteiger partial charge is 0.410 e. The molecule has 0 fully saturated rings. The van der Waals surface area contributed by atoms with E-state index in [4.69, 9.17) is 9.47 Å². The number of ether oxygens (including phenoxy) is 2. The summed E-state index contributed by atoms with van der Waals surface area (Å²) in [5.74, 6) is -0.349. The molecule has 3 aromatic rings. The zero-order chi connectivity index (χ0) is 27.0. The highest BCUT2D eigenvalue weighted by Crippen LogP contribution is 2.29. The maximum absolute atomic E-state index is 12.9. The Kier molecular flexibility index (Phi) is 9.78. The van der Waals surface area contributed by atoms with E-state index in [1.54, 1.807) is 11.0 Å². The molecule has 0 heterocycles. The molecule has 0 aliphatic carbocycles. The van der Waals surface area contributed by atoms with Crippen LogP contribution in [0.1, 0.15) is 48.4 Å². The van der Waals surface area contributed by atoms with Gasteiger partial charge in [-0.25, -0.2) is 9.59 Å². The highest BCUT2D eigenvalue weighted by Gasteiger charge is 2.24. The number of amides is 1. The van der Waals surface area contributed by atoms with Crippen LogP contribution in [0.4, 0.5) is 4.79 Å². The zero-order valence-corrected chi connectivity index (χ0v) is 22.9. The Balaban J connectivity index is 1.72. The van der Waals surface area contributed by atoms with Gasteiger partial charge in [-0.15, -0.1) is 11.8 Å². The molecule has 7 heteroatoms. The third-order valence-electron chi connectivity index (χ3n) is 5.79. The van der Waals surface area contributed by atoms with Crippen LogP contribution in [0.3, 0.4) is 0 Å². The molecule has 1 N–H and O–H groups in total. The molecule has 0 aliphatic heterocycles. The number of nitrogens with zero attached hydrogens (tertiary/aromatic N) is 1. The molecule has 0 radical (unpaired) electrons. The molecule has 0 bridgehead atoms. The van der Waals surface area contributed by atoms with Crippen molar-refractivity contribution in [3.05, 3.63) is 89.5 Å². The lowest BCUT2D eigenvalue weighted by Gasteiger charge is -2.29. The maximum Gasteiger partial charge on any atom is 0.410 e. The van der Waals surface area contributed by atoms with Crippen LogP contribution in [-0.4, -0.2) is 54.1 Å². The molecular weight excluding hydrogens is 486 g/mol. The molecule has 1 amide bonds. The predicted molar refractivity (Wildman–Crippen MR) is 148 cm³/mol. The number of esters is 1. The van der Waals surface area contributed by atoms with Crippen LogP contribution in [-0.2, 0) is 15.9 Å². The minimum absolute atomic E-state index is 0.140. The summed E-state index contributed by atoms with van der Waals surface area (Å²) in [5, 5.41) is 10.7. The van der Waals surface area contributed by atoms with Crippen LogP contribution >= 0.6 is 11.8 Å². The Bertz CT molecular complexity index is 1190. The largest absolute Gasteiger partial charge is 0.465 e. The average molecular weight is 522 g/mol. The maximum atomic E-state index is 12.9. The van der Waals surface area contributed by atoms with Crippen LogP contribution in [0.2, 0.25) is 0 Å². The standard InChI is InChI=1S/C30H35NO5S/c1-30(2,3)36-29(34)31(20-26(32)23-9-7-6-8-10-23)18-17-21-11-13-22(14-12-21)24-15-16-25(28(33)35-4)27(19-24)37-5/h6-16,19,26,32H,17-18,20H2,1-5H3/t26-/m0/s1. The van der Waals surface area contributed by atoms with Gasteiger partial charge in [-0.3, -0.25) is 0 Å². The highest BCUT2D eigenvalue weighted by molar-refractivity contribution is 7.98. The van der Waals surface area contributed by atoms with Gasteiger partial charge in [0.25, 0.3) is 0 Å². The van der Waals surface area contributed by atoms with Gasteiger partial charge in [-0.2, -0.15) is 0 Å². The van der Waals surface area contributed by atoms with Crippen molar-refractivity contribution in [3.8, 4) is 11.1 Å². The van der Waals surface area contributed by atoms with E-state index in [1.807, 2.05) is 93.8 Å². The Morgan fingerprint density at radius 2 is 1.62 bits per heavy atom. The number of rotatable bonds is 9. The quantitative estimate of drug-likeness (QED) is 0.260. The molecule has 1 atom stereocenters. The molecule has 0 aliphatic rings. The molecule has 0 saturated heterocycles. The minimum Gasteiger partial charge on any atom is -0.465 e. The van der Waals surface area contributed by atoms with E-state index in [-0.39, 0.29) is 12.5 Å². The molecule has 37 heavy (non-hydrogen) atoms. The van der Waals surface area contributed by atoms with E-state index in [2.05, 4.69) is 0 Å². The summed E-state index contributed by atoms with van der Waals surface area (Å²) in [6.45, 7) is 6.03. The Labute approximate surface area is 223 Å². The van der Waals surface area contributed by atoms with Gasteiger partial charge in [-0.1, -0.05) is 60.7 Å². The van der Waals surface area contributed by atoms with Crippen molar-refractivity contribution >= 4 is 23.8 Å². The number of aliphatic hydroxyl groups is 1. The monoisotopic (exact) mass is 521 g/mol. The molecule has 0 saturated carbocycles. The number of carbonyl (C=O) groups is 2. The van der Waals surface area contributed by atoms with Crippen LogP contribution in [0, 0.1) is 0 Å². The lowest BCUT2D eigenvalue weighted by atomic mass is 10.0. The fraction of sp³-hybridized carbons (Fsp3) is 0.333. The first-order chi connectivity index (χ1) is 17.6. The van der Waals surface area contributed by atoms with E-state index in [9.17, 15) is 14.7 Å². The first-order valence-electron chi connectivity index (χ1n) is 12.2. The van der Waals surface area contributed by atoms with Crippen LogP contribution in [0.15, 0.2) is 77.7 Å². The van der Waals surface area contributed by atoms with Crippen molar-refractivity contribution in [1.82, 2.24) is 4.90 Å². The van der Waals surface area contributed by atoms with Gasteiger partial charge >= 0.3 is 12.1 Å². The van der Waals surface area contributed by atoms with Gasteiger partial charge < -0.3 is 19.5 Å². The molecule has 0 spiro atoms. The number of benzene rings is 3. The second kappa shape index (κ2) is 12.8. The first-order valence-corrected chi connectivity index (χ1v) is 13.4. The topological polar surface area (TPSA) is 76.1 Å². The van der Waals surface area contributed by atoms with Gasteiger partial charge in [0.1, 0.15) is 5.60 Å². The summed E-state index contributed by atoms with van der Waals surface area (Å²) >= 11 is 1.50. The number of hydrogen-bond donors (Lipinski definition) is 1. The molecule has 3 rings (SSSR count). The summed E-state index contributed by atoms with van der Waals surface area (Å²) in [6, 6.07) is 23.1. The number of methoxy groups -OCH3 is 1. The van der Waals surface area contributed by atoms with Gasteiger partial charge in [0.2, 0.25) is 0 Å². The van der Waals surface area contributed by atoms with E-state index >= 15 is 0 Å². The molecule has 196 valence electrons. The zero-order valence-electron chi connectivity index (χ0n) is 22.1. The molecule has 0 aromatic heterocycles. The van der Waals surface area contributed by atoms with E-state index in [1.165, 1.54) is 18.9 Å². The summed E-state index contributed by atoms with van der Waals surface area (Å²) < 4.78 is 10.5. The van der Waals surface area contributed by atoms with Crippen LogP contribution in [0.5, 0.6) is 0 Å². The summed E-state index contributed by atoms with van der Waals surface area (Å²) in [6.07, 6.45) is 1.28. The predicted octanol–water partition coefficient (Wildman–Crippen LogP) is 6.38. The van der Waals surface area contributed by atoms with Gasteiger partial charge in [0, 0.05) is 11.4 Å².